The Bertz CT molecular complexity index is 638. The van der Waals surface area contributed by atoms with Crippen molar-refractivity contribution in [1.82, 2.24) is 4.90 Å². The zero-order chi connectivity index (χ0) is 16.8. The maximum absolute atomic E-state index is 10.5. The van der Waals surface area contributed by atoms with Crippen molar-refractivity contribution in [3.63, 3.8) is 0 Å². The van der Waals surface area contributed by atoms with Crippen molar-refractivity contribution in [1.29, 1.82) is 0 Å². The van der Waals surface area contributed by atoms with Crippen LogP contribution in [0.15, 0.2) is 66.7 Å². The van der Waals surface area contributed by atoms with Gasteiger partial charge in [0.05, 0.1) is 6.10 Å². The number of aliphatic hydroxyl groups excluding tert-OH is 1. The second kappa shape index (κ2) is 8.27. The lowest BCUT2D eigenvalue weighted by Gasteiger charge is -2.39. The molecule has 1 heterocycles. The van der Waals surface area contributed by atoms with Gasteiger partial charge in [0.25, 0.3) is 0 Å². The van der Waals surface area contributed by atoms with Gasteiger partial charge in [-0.1, -0.05) is 79.2 Å². The molecule has 1 saturated heterocycles. The second-order valence-electron chi connectivity index (χ2n) is 6.75. The molecule has 3 rings (SSSR count). The Morgan fingerprint density at radius 3 is 2.42 bits per heavy atom. The molecular weight excluding hydrogens is 294 g/mol. The summed E-state index contributed by atoms with van der Waals surface area (Å²) in [4.78, 5) is 2.44. The van der Waals surface area contributed by atoms with Gasteiger partial charge >= 0.3 is 0 Å². The van der Waals surface area contributed by atoms with Gasteiger partial charge in [0, 0.05) is 12.1 Å². The zero-order valence-electron chi connectivity index (χ0n) is 14.4. The number of piperidine rings is 1. The number of likely N-dealkylation sites (tertiary alicyclic amines) is 1. The Hall–Kier alpha value is -1.90. The molecule has 1 aliphatic heterocycles. The minimum atomic E-state index is -0.379. The van der Waals surface area contributed by atoms with Gasteiger partial charge in [0.2, 0.25) is 0 Å². The van der Waals surface area contributed by atoms with Crippen molar-refractivity contribution < 1.29 is 5.11 Å². The van der Waals surface area contributed by atoms with E-state index in [0.29, 0.717) is 12.1 Å². The van der Waals surface area contributed by atoms with E-state index in [0.717, 1.165) is 18.4 Å². The first-order valence-corrected chi connectivity index (χ1v) is 8.92. The highest BCUT2D eigenvalue weighted by atomic mass is 16.3. The highest BCUT2D eigenvalue weighted by Crippen LogP contribution is 2.29. The smallest absolute Gasteiger partial charge is 0.0805 e. The normalized spacial score (nSPS) is 23.4. The van der Waals surface area contributed by atoms with E-state index in [2.05, 4.69) is 48.4 Å². The Balaban J connectivity index is 1.62. The lowest BCUT2D eigenvalue weighted by Crippen LogP contribution is -2.43. The fourth-order valence-electron chi connectivity index (χ4n) is 3.61. The number of hydrogen-bond acceptors (Lipinski definition) is 2. The quantitative estimate of drug-likeness (QED) is 0.864. The van der Waals surface area contributed by atoms with Crippen molar-refractivity contribution in [3.8, 4) is 0 Å². The van der Waals surface area contributed by atoms with E-state index in [1.54, 1.807) is 0 Å². The highest BCUT2D eigenvalue weighted by Gasteiger charge is 2.27. The zero-order valence-corrected chi connectivity index (χ0v) is 14.4. The molecule has 0 unspecified atom stereocenters. The van der Waals surface area contributed by atoms with Crippen LogP contribution in [0.25, 0.3) is 6.08 Å². The van der Waals surface area contributed by atoms with E-state index in [9.17, 15) is 5.11 Å². The van der Waals surface area contributed by atoms with E-state index in [1.165, 1.54) is 18.4 Å². The molecule has 0 radical (unpaired) electrons. The Morgan fingerprint density at radius 1 is 1.04 bits per heavy atom. The van der Waals surface area contributed by atoms with Gasteiger partial charge in [0.15, 0.2) is 0 Å². The first-order chi connectivity index (χ1) is 11.7. The first kappa shape index (κ1) is 16.9. The van der Waals surface area contributed by atoms with Crippen LogP contribution in [0.1, 0.15) is 42.9 Å². The third-order valence-electron chi connectivity index (χ3n) is 5.13. The fourth-order valence-corrected chi connectivity index (χ4v) is 3.61. The molecule has 1 aliphatic rings. The highest BCUT2D eigenvalue weighted by molar-refractivity contribution is 5.49. The predicted molar refractivity (Wildman–Crippen MR) is 101 cm³/mol. The van der Waals surface area contributed by atoms with E-state index >= 15 is 0 Å². The Kier molecular flexibility index (Phi) is 5.84. The largest absolute Gasteiger partial charge is 0.388 e. The molecule has 24 heavy (non-hydrogen) atoms. The number of rotatable bonds is 5. The summed E-state index contributed by atoms with van der Waals surface area (Å²) in [7, 11) is 2.20. The average molecular weight is 321 g/mol. The molecule has 0 spiro atoms. The maximum Gasteiger partial charge on any atom is 0.0805 e. The van der Waals surface area contributed by atoms with Gasteiger partial charge in [-0.2, -0.15) is 0 Å². The van der Waals surface area contributed by atoms with Crippen molar-refractivity contribution in [2.75, 3.05) is 7.05 Å². The summed E-state index contributed by atoms with van der Waals surface area (Å²) in [6.07, 6.45) is 8.54. The second-order valence-corrected chi connectivity index (χ2v) is 6.75. The molecule has 1 N–H and O–H groups in total. The molecule has 0 amide bonds. The van der Waals surface area contributed by atoms with Crippen molar-refractivity contribution in [3.05, 3.63) is 77.9 Å². The van der Waals surface area contributed by atoms with Crippen molar-refractivity contribution in [2.45, 2.75) is 43.9 Å². The molecule has 0 aromatic heterocycles. The predicted octanol–water partition coefficient (Wildman–Crippen LogP) is 4.68. The molecule has 126 valence electrons. The maximum atomic E-state index is 10.5. The summed E-state index contributed by atoms with van der Waals surface area (Å²) < 4.78 is 0. The van der Waals surface area contributed by atoms with Crippen LogP contribution in [0.3, 0.4) is 0 Å². The minimum Gasteiger partial charge on any atom is -0.388 e. The monoisotopic (exact) mass is 321 g/mol. The molecule has 1 fully saturated rings. The van der Waals surface area contributed by atoms with Crippen LogP contribution in [0, 0.1) is 0 Å². The van der Waals surface area contributed by atoms with Crippen LogP contribution in [0.2, 0.25) is 0 Å². The molecule has 2 nitrogen and oxygen atoms in total. The number of benzene rings is 2. The first-order valence-electron chi connectivity index (χ1n) is 8.92. The van der Waals surface area contributed by atoms with Crippen molar-refractivity contribution in [2.24, 2.45) is 0 Å². The number of likely N-dealkylation sites (N-methyl/N-ethyl adjacent to an activating group) is 1. The lowest BCUT2D eigenvalue weighted by molar-refractivity contribution is 0.0762. The minimum absolute atomic E-state index is 0.379. The lowest BCUT2D eigenvalue weighted by atomic mass is 9.90. The van der Waals surface area contributed by atoms with E-state index in [-0.39, 0.29) is 6.10 Å². The van der Waals surface area contributed by atoms with Gasteiger partial charge in [-0.05, 0) is 37.4 Å². The van der Waals surface area contributed by atoms with Crippen LogP contribution >= 0.6 is 0 Å². The van der Waals surface area contributed by atoms with Gasteiger partial charge in [-0.25, -0.2) is 0 Å². The summed E-state index contributed by atoms with van der Waals surface area (Å²) in [6, 6.07) is 21.4. The molecule has 3 atom stereocenters. The van der Waals surface area contributed by atoms with Crippen LogP contribution in [-0.2, 0) is 0 Å². The molecule has 2 aromatic carbocycles. The standard InChI is InChI=1S/C22H27NO/c1-23-20(16-15-18-9-4-2-5-10-18)13-8-14-21(23)17-22(24)19-11-6-3-7-12-19/h2-7,9-12,15-16,20-22,24H,8,13-14,17H2,1H3/t20-,21+,22+/m1/s1. The van der Waals surface area contributed by atoms with Gasteiger partial charge in [-0.3, -0.25) is 4.90 Å². The molecular formula is C22H27NO. The van der Waals surface area contributed by atoms with E-state index in [4.69, 9.17) is 0 Å². The summed E-state index contributed by atoms with van der Waals surface area (Å²) >= 11 is 0. The number of aliphatic hydroxyl groups is 1. The molecule has 2 aromatic rings. The fraction of sp³-hybridized carbons (Fsp3) is 0.364. The molecule has 2 heteroatoms. The Morgan fingerprint density at radius 2 is 1.71 bits per heavy atom. The summed E-state index contributed by atoms with van der Waals surface area (Å²) in [5, 5.41) is 10.5. The molecule has 0 saturated carbocycles. The SMILES string of the molecule is CN1[C@H](C[C@H](O)c2ccccc2)CCC[C@@H]1C=Cc1ccccc1. The molecule has 0 aliphatic carbocycles. The van der Waals surface area contributed by atoms with Crippen LogP contribution in [0.4, 0.5) is 0 Å². The third-order valence-corrected chi connectivity index (χ3v) is 5.13. The summed E-state index contributed by atoms with van der Waals surface area (Å²) in [6.45, 7) is 0. The average Bonchev–Trinajstić information content (AvgIpc) is 2.64. The van der Waals surface area contributed by atoms with E-state index < -0.39 is 0 Å². The summed E-state index contributed by atoms with van der Waals surface area (Å²) in [5.41, 5.74) is 2.27. The van der Waals surface area contributed by atoms with E-state index in [1.807, 2.05) is 36.4 Å². The third kappa shape index (κ3) is 4.34. The number of nitrogens with zero attached hydrogens (tertiary/aromatic N) is 1. The molecule has 0 bridgehead atoms. The Labute approximate surface area is 145 Å². The van der Waals surface area contributed by atoms with Crippen molar-refractivity contribution >= 4 is 6.08 Å². The summed E-state index contributed by atoms with van der Waals surface area (Å²) in [5.74, 6) is 0. The number of hydrogen-bond donors (Lipinski definition) is 1. The van der Waals surface area contributed by atoms with Crippen LogP contribution < -0.4 is 0 Å². The van der Waals surface area contributed by atoms with Gasteiger partial charge in [0.1, 0.15) is 0 Å². The van der Waals surface area contributed by atoms with Crippen LogP contribution in [-0.4, -0.2) is 29.1 Å². The van der Waals surface area contributed by atoms with Crippen LogP contribution in [0.5, 0.6) is 0 Å². The topological polar surface area (TPSA) is 23.5 Å². The van der Waals surface area contributed by atoms with Gasteiger partial charge in [-0.15, -0.1) is 0 Å². The van der Waals surface area contributed by atoms with Gasteiger partial charge < -0.3 is 5.11 Å².